The molecule has 2 heterocycles. The lowest BCUT2D eigenvalue weighted by Crippen LogP contribution is -2.47. The maximum atomic E-state index is 14.3. The van der Waals surface area contributed by atoms with Gasteiger partial charge in [0.15, 0.2) is 0 Å². The number of ether oxygens (including phenoxy) is 2. The van der Waals surface area contributed by atoms with Gasteiger partial charge in [-0.15, -0.1) is 0 Å². The van der Waals surface area contributed by atoms with Gasteiger partial charge in [0.05, 0.1) is 30.4 Å². The minimum atomic E-state index is -0.542. The minimum Gasteiger partial charge on any atom is -0.490 e. The highest BCUT2D eigenvalue weighted by atomic mass is 19.1. The second kappa shape index (κ2) is 17.0. The molecule has 4 atom stereocenters. The molecular weight excluding hydrogens is 589 g/mol. The quantitative estimate of drug-likeness (QED) is 0.287. The molecule has 2 aromatic carbocycles. The molecule has 0 bridgehead atoms. The Balaban J connectivity index is 1.58. The molecule has 248 valence electrons. The van der Waals surface area contributed by atoms with E-state index in [2.05, 4.69) is 34.5 Å². The van der Waals surface area contributed by atoms with Crippen LogP contribution in [0, 0.1) is 11.7 Å². The number of nitrogens with zero attached hydrogens (tertiary/aromatic N) is 3. The van der Waals surface area contributed by atoms with E-state index in [0.717, 1.165) is 31.4 Å². The number of likely N-dealkylation sites (N-methyl/N-ethyl adjacent to an activating group) is 1. The molecule has 0 unspecified atom stereocenters. The van der Waals surface area contributed by atoms with Crippen molar-refractivity contribution >= 4 is 23.3 Å². The van der Waals surface area contributed by atoms with E-state index in [0.29, 0.717) is 36.8 Å². The maximum absolute atomic E-state index is 14.3. The van der Waals surface area contributed by atoms with Crippen molar-refractivity contribution in [3.8, 4) is 5.75 Å². The van der Waals surface area contributed by atoms with Crippen LogP contribution in [0.15, 0.2) is 67.0 Å². The molecule has 0 spiro atoms. The molecule has 0 radical (unpaired) electrons. The van der Waals surface area contributed by atoms with Crippen LogP contribution in [0.4, 0.5) is 20.6 Å². The number of rotatable bonds is 8. The fourth-order valence-electron chi connectivity index (χ4n) is 5.46. The summed E-state index contributed by atoms with van der Waals surface area (Å²) in [4.78, 5) is 35.0. The Morgan fingerprint density at radius 2 is 1.78 bits per heavy atom. The van der Waals surface area contributed by atoms with Crippen molar-refractivity contribution in [3.63, 3.8) is 0 Å². The van der Waals surface area contributed by atoms with E-state index in [1.165, 1.54) is 24.3 Å². The molecule has 10 nitrogen and oxygen atoms in total. The Labute approximate surface area is 270 Å². The van der Waals surface area contributed by atoms with Crippen LogP contribution in [0.1, 0.15) is 56.0 Å². The zero-order valence-electron chi connectivity index (χ0n) is 27.1. The molecule has 3 amide bonds. The summed E-state index contributed by atoms with van der Waals surface area (Å²) in [6.07, 6.45) is 5.79. The monoisotopic (exact) mass is 635 g/mol. The Kier molecular flexibility index (Phi) is 12.9. The van der Waals surface area contributed by atoms with Gasteiger partial charge in [-0.05, 0) is 100 Å². The minimum absolute atomic E-state index is 0.0631. The van der Waals surface area contributed by atoms with Gasteiger partial charge in [-0.1, -0.05) is 6.92 Å². The van der Waals surface area contributed by atoms with Crippen LogP contribution in [-0.4, -0.2) is 83.4 Å². The van der Waals surface area contributed by atoms with E-state index in [9.17, 15) is 19.1 Å². The number of pyridine rings is 1. The highest BCUT2D eigenvalue weighted by molar-refractivity contribution is 6.02. The van der Waals surface area contributed by atoms with E-state index in [-0.39, 0.29) is 36.2 Å². The standard InChI is InChI=1S/C35H46FN5O5/c1-24-20-41(25(2)23-42)34(43)31-19-30(39-35(44)38-29-10-8-28(36)9-11-29)12-13-32(31)46-26(3)7-5-6-18-45-33(24)22-40(4)21-27-14-16-37-17-15-27/h8-17,19,24-26,33,42H,5-7,18,20-23H2,1-4H3,(H2,38,39,44)/t24-,25+,26+,33+/m1/s1. The first kappa shape index (κ1) is 34.8. The molecule has 0 aliphatic carbocycles. The van der Waals surface area contributed by atoms with Crippen molar-refractivity contribution < 1.29 is 28.6 Å². The van der Waals surface area contributed by atoms with E-state index in [1.54, 1.807) is 42.4 Å². The number of hydrogen-bond acceptors (Lipinski definition) is 7. The van der Waals surface area contributed by atoms with Crippen molar-refractivity contribution in [2.45, 2.75) is 64.8 Å². The van der Waals surface area contributed by atoms with E-state index >= 15 is 0 Å². The number of carbonyl (C=O) groups is 2. The number of fused-ring (bicyclic) bond motifs is 1. The van der Waals surface area contributed by atoms with Crippen LogP contribution in [0.2, 0.25) is 0 Å². The summed E-state index contributed by atoms with van der Waals surface area (Å²) in [7, 11) is 2.05. The maximum Gasteiger partial charge on any atom is 0.323 e. The van der Waals surface area contributed by atoms with Gasteiger partial charge in [-0.2, -0.15) is 0 Å². The van der Waals surface area contributed by atoms with Gasteiger partial charge in [0.25, 0.3) is 5.91 Å². The Morgan fingerprint density at radius 1 is 1.09 bits per heavy atom. The van der Waals surface area contributed by atoms with Gasteiger partial charge in [0.1, 0.15) is 11.6 Å². The SMILES string of the molecule is C[C@@H]1CN([C@@H](C)CO)C(=O)c2cc(NC(=O)Nc3ccc(F)cc3)ccc2O[C@@H](C)CCCCO[C@H]1CN(C)Cc1ccncc1. The predicted octanol–water partition coefficient (Wildman–Crippen LogP) is 5.79. The molecule has 3 aromatic rings. The smallest absolute Gasteiger partial charge is 0.323 e. The fraction of sp³-hybridized carbons (Fsp3) is 0.457. The van der Waals surface area contributed by atoms with Crippen LogP contribution < -0.4 is 15.4 Å². The molecule has 1 aromatic heterocycles. The highest BCUT2D eigenvalue weighted by Gasteiger charge is 2.30. The normalized spacial score (nSPS) is 20.3. The molecule has 3 N–H and O–H groups in total. The van der Waals surface area contributed by atoms with E-state index in [1.807, 2.05) is 19.1 Å². The molecule has 1 aliphatic rings. The third-order valence-corrected chi connectivity index (χ3v) is 8.10. The van der Waals surface area contributed by atoms with Crippen LogP contribution >= 0.6 is 0 Å². The largest absolute Gasteiger partial charge is 0.490 e. The van der Waals surface area contributed by atoms with Crippen molar-refractivity contribution in [2.24, 2.45) is 5.92 Å². The zero-order valence-corrected chi connectivity index (χ0v) is 27.1. The fourth-order valence-corrected chi connectivity index (χ4v) is 5.46. The molecule has 1 aliphatic heterocycles. The van der Waals surface area contributed by atoms with Gasteiger partial charge < -0.3 is 30.1 Å². The van der Waals surface area contributed by atoms with Crippen LogP contribution in [0.25, 0.3) is 0 Å². The van der Waals surface area contributed by atoms with Crippen LogP contribution in [0.3, 0.4) is 0 Å². The number of amides is 3. The van der Waals surface area contributed by atoms with Crippen LogP contribution in [-0.2, 0) is 11.3 Å². The highest BCUT2D eigenvalue weighted by Crippen LogP contribution is 2.29. The number of hydrogen-bond donors (Lipinski definition) is 3. The lowest BCUT2D eigenvalue weighted by Gasteiger charge is -2.36. The first-order valence-corrected chi connectivity index (χ1v) is 15.9. The molecule has 0 saturated carbocycles. The number of anilines is 2. The van der Waals surface area contributed by atoms with Crippen molar-refractivity contribution in [1.29, 1.82) is 0 Å². The Morgan fingerprint density at radius 3 is 2.50 bits per heavy atom. The number of aliphatic hydroxyl groups is 1. The summed E-state index contributed by atoms with van der Waals surface area (Å²) in [6, 6.07) is 13.4. The average Bonchev–Trinajstić information content (AvgIpc) is 3.04. The summed E-state index contributed by atoms with van der Waals surface area (Å²) in [5.41, 5.74) is 2.24. The molecule has 4 rings (SSSR count). The first-order chi connectivity index (χ1) is 22.1. The molecule has 0 saturated heterocycles. The van der Waals surface area contributed by atoms with E-state index in [4.69, 9.17) is 9.47 Å². The van der Waals surface area contributed by atoms with Gasteiger partial charge in [0.2, 0.25) is 0 Å². The lowest BCUT2D eigenvalue weighted by atomic mass is 10.0. The zero-order chi connectivity index (χ0) is 33.1. The second-order valence-corrected chi connectivity index (χ2v) is 12.1. The number of aromatic nitrogens is 1. The number of benzene rings is 2. The van der Waals surface area contributed by atoms with E-state index < -0.39 is 17.9 Å². The number of halogens is 1. The van der Waals surface area contributed by atoms with Gasteiger partial charge in [0, 0.05) is 55.9 Å². The summed E-state index contributed by atoms with van der Waals surface area (Å²) in [6.45, 7) is 7.95. The molecule has 11 heteroatoms. The summed E-state index contributed by atoms with van der Waals surface area (Å²) >= 11 is 0. The average molecular weight is 636 g/mol. The molecule has 46 heavy (non-hydrogen) atoms. The summed E-state index contributed by atoms with van der Waals surface area (Å²) in [5, 5.41) is 15.6. The Bertz CT molecular complexity index is 1410. The second-order valence-electron chi connectivity index (χ2n) is 12.1. The molecule has 0 fully saturated rings. The predicted molar refractivity (Wildman–Crippen MR) is 176 cm³/mol. The summed E-state index contributed by atoms with van der Waals surface area (Å²) in [5.74, 6) is -0.381. The number of aliphatic hydroxyl groups excluding tert-OH is 1. The van der Waals surface area contributed by atoms with Crippen molar-refractivity contribution in [3.05, 3.63) is 83.9 Å². The first-order valence-electron chi connectivity index (χ1n) is 15.9. The van der Waals surface area contributed by atoms with Gasteiger partial charge in [-0.3, -0.25) is 14.7 Å². The lowest BCUT2D eigenvalue weighted by molar-refractivity contribution is -0.0177. The summed E-state index contributed by atoms with van der Waals surface area (Å²) < 4.78 is 26.0. The third kappa shape index (κ3) is 10.2. The Hall–Kier alpha value is -4.06. The number of carbonyl (C=O) groups excluding carboxylic acids is 2. The van der Waals surface area contributed by atoms with Gasteiger partial charge >= 0.3 is 6.03 Å². The number of nitrogens with one attached hydrogen (secondary N) is 2. The van der Waals surface area contributed by atoms with Crippen molar-refractivity contribution in [2.75, 3.05) is 44.0 Å². The topological polar surface area (TPSA) is 116 Å². The number of urea groups is 1. The van der Waals surface area contributed by atoms with Gasteiger partial charge in [-0.25, -0.2) is 9.18 Å². The van der Waals surface area contributed by atoms with Crippen molar-refractivity contribution in [1.82, 2.24) is 14.8 Å². The third-order valence-electron chi connectivity index (χ3n) is 8.10. The molecular formula is C35H46FN5O5. The van der Waals surface area contributed by atoms with Crippen LogP contribution in [0.5, 0.6) is 5.75 Å².